The first-order valence-electron chi connectivity index (χ1n) is 24.8. The lowest BCUT2D eigenvalue weighted by molar-refractivity contribution is 0.444. The number of pyridine rings is 1. The number of para-hydroxylation sites is 1. The van der Waals surface area contributed by atoms with Gasteiger partial charge in [-0.25, -0.2) is 9.97 Å². The van der Waals surface area contributed by atoms with Crippen molar-refractivity contribution in [2.24, 2.45) is 0 Å². The molecule has 2 fully saturated rings. The van der Waals surface area contributed by atoms with Gasteiger partial charge in [-0.2, -0.15) is 9.97 Å². The first-order chi connectivity index (χ1) is 33.7. The second kappa shape index (κ2) is 17.2. The van der Waals surface area contributed by atoms with Crippen LogP contribution in [0.5, 0.6) is 0 Å². The lowest BCUT2D eigenvalue weighted by atomic mass is 9.83. The molecular weight excluding hydrogens is 829 g/mol. The third-order valence-electron chi connectivity index (χ3n) is 15.0. The number of rotatable bonds is 8. The first kappa shape index (κ1) is 40.6. The van der Waals surface area contributed by atoms with E-state index in [2.05, 4.69) is 179 Å². The van der Waals surface area contributed by atoms with E-state index in [1.807, 2.05) is 12.1 Å². The van der Waals surface area contributed by atoms with Crippen molar-refractivity contribution in [2.45, 2.75) is 76.0 Å². The van der Waals surface area contributed by atoms with Crippen LogP contribution in [0.15, 0.2) is 182 Å². The zero-order valence-corrected chi connectivity index (χ0v) is 38.2. The molecule has 7 aromatic carbocycles. The number of benzene rings is 7. The van der Waals surface area contributed by atoms with Crippen molar-refractivity contribution in [2.75, 3.05) is 0 Å². The van der Waals surface area contributed by atoms with Gasteiger partial charge < -0.3 is 4.57 Å². The molecule has 4 heterocycles. The van der Waals surface area contributed by atoms with E-state index in [1.54, 1.807) is 0 Å². The monoisotopic (exact) mass is 880 g/mol. The fourth-order valence-corrected chi connectivity index (χ4v) is 11.6. The Morgan fingerprint density at radius 2 is 0.824 bits per heavy atom. The van der Waals surface area contributed by atoms with Crippen LogP contribution in [0.1, 0.15) is 87.2 Å². The Kier molecular flexibility index (Phi) is 10.3. The Bertz CT molecular complexity index is 3630. The summed E-state index contributed by atoms with van der Waals surface area (Å²) in [6, 6.07) is 65.6. The van der Waals surface area contributed by atoms with Crippen molar-refractivity contribution < 1.29 is 0 Å². The molecule has 0 unspecified atom stereocenters. The smallest absolute Gasteiger partial charge is 0.238 e. The van der Waals surface area contributed by atoms with E-state index in [-0.39, 0.29) is 0 Å². The predicted molar refractivity (Wildman–Crippen MR) is 280 cm³/mol. The zero-order valence-electron chi connectivity index (χ0n) is 38.2. The number of nitrogens with zero attached hydrogens (tertiary/aromatic N) is 6. The van der Waals surface area contributed by atoms with Gasteiger partial charge >= 0.3 is 0 Å². The van der Waals surface area contributed by atoms with Crippen molar-refractivity contribution >= 4 is 43.6 Å². The largest absolute Gasteiger partial charge is 0.307 e. The van der Waals surface area contributed by atoms with Crippen LogP contribution < -0.4 is 0 Å². The molecule has 4 aromatic heterocycles. The lowest BCUT2D eigenvalue weighted by Crippen LogP contribution is -2.07. The standard InChI is InChI=1S/C62H52N6/c1-6-18-41(19-7-1)45-32-36-56-52(39-45)50-34-35-51-53-40-46(42-20-8-2-9-21-42)33-37-57(53)68(59(51)58(50)67(56)49-28-14-5-15-29-49)62-65-60(44-24-12-4-13-25-44)64-61(66-62)48-27-16-26-47(38-48)55-31-17-30-54(63-55)43-22-10-3-11-23-43/h3-5,10-17,22-42H,1-2,6-9,18-21H2. The Morgan fingerprint density at radius 1 is 0.338 bits per heavy atom. The van der Waals surface area contributed by atoms with Crippen LogP contribution >= 0.6 is 0 Å². The lowest BCUT2D eigenvalue weighted by Gasteiger charge is -2.22. The van der Waals surface area contributed by atoms with Gasteiger partial charge in [0, 0.05) is 49.5 Å². The SMILES string of the molecule is c1ccc(-c2cccc(-c3cccc(-c4nc(-c5ccccc5)nc(-n5c6ccc(C7CCCCC7)cc6c6ccc7c8cc(C9CCCCC9)ccc8n(-c8ccccc8)c7c65)n4)c3)n2)cc1. The molecule has 330 valence electrons. The van der Waals surface area contributed by atoms with Gasteiger partial charge in [0.2, 0.25) is 5.95 Å². The van der Waals surface area contributed by atoms with Gasteiger partial charge in [-0.3, -0.25) is 4.57 Å². The maximum absolute atomic E-state index is 5.53. The van der Waals surface area contributed by atoms with E-state index in [4.69, 9.17) is 19.9 Å². The highest BCUT2D eigenvalue weighted by atomic mass is 15.2. The Labute approximate surface area is 397 Å². The average Bonchev–Trinajstić information content (AvgIpc) is 3.94. The molecule has 0 N–H and O–H groups in total. The van der Waals surface area contributed by atoms with Crippen LogP contribution in [0.2, 0.25) is 0 Å². The van der Waals surface area contributed by atoms with Gasteiger partial charge in [0.15, 0.2) is 11.6 Å². The molecule has 0 amide bonds. The topological polar surface area (TPSA) is 61.4 Å². The Balaban J connectivity index is 1.09. The highest BCUT2D eigenvalue weighted by Crippen LogP contribution is 2.45. The number of hydrogen-bond acceptors (Lipinski definition) is 4. The fraction of sp³-hybridized carbons (Fsp3) is 0.194. The van der Waals surface area contributed by atoms with E-state index < -0.39 is 0 Å². The van der Waals surface area contributed by atoms with Gasteiger partial charge in [0.05, 0.1) is 33.5 Å². The van der Waals surface area contributed by atoms with Crippen molar-refractivity contribution in [3.63, 3.8) is 0 Å². The summed E-state index contributed by atoms with van der Waals surface area (Å²) in [7, 11) is 0. The summed E-state index contributed by atoms with van der Waals surface area (Å²) in [6.45, 7) is 0. The van der Waals surface area contributed by atoms with E-state index in [0.29, 0.717) is 29.4 Å². The van der Waals surface area contributed by atoms with Crippen molar-refractivity contribution in [3.8, 4) is 56.9 Å². The molecule has 6 heteroatoms. The van der Waals surface area contributed by atoms with Gasteiger partial charge in [-0.05, 0) is 103 Å². The molecule has 11 aromatic rings. The third-order valence-corrected chi connectivity index (χ3v) is 15.0. The number of fused-ring (bicyclic) bond motifs is 7. The van der Waals surface area contributed by atoms with Crippen molar-refractivity contribution in [3.05, 3.63) is 193 Å². The van der Waals surface area contributed by atoms with Crippen LogP contribution in [-0.2, 0) is 0 Å². The highest BCUT2D eigenvalue weighted by molar-refractivity contribution is 6.24. The van der Waals surface area contributed by atoms with Gasteiger partial charge in [-0.15, -0.1) is 0 Å². The summed E-state index contributed by atoms with van der Waals surface area (Å²) in [5.74, 6) is 2.99. The summed E-state index contributed by atoms with van der Waals surface area (Å²) in [6.07, 6.45) is 12.9. The summed E-state index contributed by atoms with van der Waals surface area (Å²) < 4.78 is 4.85. The van der Waals surface area contributed by atoms with Crippen LogP contribution in [0, 0.1) is 0 Å². The first-order valence-corrected chi connectivity index (χ1v) is 24.8. The summed E-state index contributed by atoms with van der Waals surface area (Å²) >= 11 is 0. The zero-order chi connectivity index (χ0) is 45.0. The minimum absolute atomic E-state index is 0.563. The van der Waals surface area contributed by atoms with E-state index in [9.17, 15) is 0 Å². The molecular formula is C62H52N6. The van der Waals surface area contributed by atoms with E-state index >= 15 is 0 Å². The molecule has 0 atom stereocenters. The summed E-state index contributed by atoms with van der Waals surface area (Å²) in [5, 5.41) is 4.96. The minimum Gasteiger partial charge on any atom is -0.307 e. The molecule has 0 bridgehead atoms. The van der Waals surface area contributed by atoms with Crippen molar-refractivity contribution in [1.82, 2.24) is 29.1 Å². The normalized spacial score (nSPS) is 14.9. The Morgan fingerprint density at radius 3 is 1.44 bits per heavy atom. The summed E-state index contributed by atoms with van der Waals surface area (Å²) in [4.78, 5) is 21.4. The molecule has 68 heavy (non-hydrogen) atoms. The fourth-order valence-electron chi connectivity index (χ4n) is 11.6. The van der Waals surface area contributed by atoms with Crippen molar-refractivity contribution in [1.29, 1.82) is 0 Å². The second-order valence-electron chi connectivity index (χ2n) is 19.1. The van der Waals surface area contributed by atoms with Crippen LogP contribution in [0.3, 0.4) is 0 Å². The molecule has 0 radical (unpaired) electrons. The average molecular weight is 881 g/mol. The number of hydrogen-bond donors (Lipinski definition) is 0. The molecule has 2 aliphatic carbocycles. The van der Waals surface area contributed by atoms with E-state index in [0.717, 1.165) is 55.9 Å². The molecule has 2 saturated carbocycles. The maximum atomic E-state index is 5.53. The van der Waals surface area contributed by atoms with Gasteiger partial charge in [0.1, 0.15) is 0 Å². The molecule has 0 spiro atoms. The minimum atomic E-state index is 0.563. The quantitative estimate of drug-likeness (QED) is 0.153. The molecule has 6 nitrogen and oxygen atoms in total. The van der Waals surface area contributed by atoms with E-state index in [1.165, 1.54) is 102 Å². The molecule has 2 aliphatic rings. The van der Waals surface area contributed by atoms with Crippen LogP contribution in [-0.4, -0.2) is 29.1 Å². The van der Waals surface area contributed by atoms with Crippen LogP contribution in [0.4, 0.5) is 0 Å². The van der Waals surface area contributed by atoms with Gasteiger partial charge in [0.25, 0.3) is 0 Å². The second-order valence-corrected chi connectivity index (χ2v) is 19.1. The summed E-state index contributed by atoms with van der Waals surface area (Å²) in [5.41, 5.74) is 14.3. The molecule has 0 saturated heterocycles. The Hall–Kier alpha value is -7.70. The maximum Gasteiger partial charge on any atom is 0.238 e. The molecule has 13 rings (SSSR count). The predicted octanol–water partition coefficient (Wildman–Crippen LogP) is 16.2. The number of aromatic nitrogens is 6. The molecule has 0 aliphatic heterocycles. The third kappa shape index (κ3) is 7.18. The highest BCUT2D eigenvalue weighted by Gasteiger charge is 2.26. The van der Waals surface area contributed by atoms with Gasteiger partial charge in [-0.1, -0.05) is 166 Å². The van der Waals surface area contributed by atoms with Crippen LogP contribution in [0.25, 0.3) is 101 Å².